The summed E-state index contributed by atoms with van der Waals surface area (Å²) in [5, 5.41) is 17.5. The topological polar surface area (TPSA) is 117 Å². The third-order valence-electron chi connectivity index (χ3n) is 5.41. The maximum absolute atomic E-state index is 12.9. The standard InChI is InChI=1S/C21H22N6O3/c28-15-5-4-14(9-15)27-12-17(20(26-27)16-3-1-2-8-22-16)25-21(29)19-7-6-18(30-19)13-10-23-24-11-13/h1-3,6-8,10,12,14-15,23-24,28H,4-5,9,11H2,(H,25,29)/t14-,15+/m0/s1. The summed E-state index contributed by atoms with van der Waals surface area (Å²) in [6.45, 7) is 0.623. The fourth-order valence-corrected chi connectivity index (χ4v) is 3.85. The normalized spacial score (nSPS) is 20.8. The molecule has 1 aliphatic carbocycles. The zero-order valence-corrected chi connectivity index (χ0v) is 16.2. The van der Waals surface area contributed by atoms with Crippen LogP contribution in [-0.4, -0.2) is 38.4 Å². The molecule has 4 heterocycles. The van der Waals surface area contributed by atoms with Crippen LogP contribution in [0.1, 0.15) is 41.6 Å². The molecule has 4 N–H and O–H groups in total. The Morgan fingerprint density at radius 3 is 2.93 bits per heavy atom. The highest BCUT2D eigenvalue weighted by molar-refractivity contribution is 6.04. The number of rotatable bonds is 5. The van der Waals surface area contributed by atoms with E-state index in [0.717, 1.165) is 18.4 Å². The fourth-order valence-electron chi connectivity index (χ4n) is 3.85. The monoisotopic (exact) mass is 406 g/mol. The molecule has 2 aliphatic rings. The van der Waals surface area contributed by atoms with E-state index in [-0.39, 0.29) is 23.8 Å². The predicted octanol–water partition coefficient (Wildman–Crippen LogP) is 2.33. The first-order chi connectivity index (χ1) is 14.7. The van der Waals surface area contributed by atoms with Crippen molar-refractivity contribution in [2.24, 2.45) is 0 Å². The second-order valence-electron chi connectivity index (χ2n) is 7.49. The lowest BCUT2D eigenvalue weighted by Gasteiger charge is -2.09. The van der Waals surface area contributed by atoms with Crippen LogP contribution in [0.2, 0.25) is 0 Å². The molecule has 2 atom stereocenters. The van der Waals surface area contributed by atoms with Gasteiger partial charge in [0.15, 0.2) is 5.76 Å². The highest BCUT2D eigenvalue weighted by Gasteiger charge is 2.27. The number of carbonyl (C=O) groups excluding carboxylic acids is 1. The largest absolute Gasteiger partial charge is 0.451 e. The molecule has 5 rings (SSSR count). The number of pyridine rings is 1. The summed E-state index contributed by atoms with van der Waals surface area (Å²) in [6, 6.07) is 9.09. The van der Waals surface area contributed by atoms with Crippen LogP contribution in [0.4, 0.5) is 5.69 Å². The van der Waals surface area contributed by atoms with E-state index in [1.807, 2.05) is 29.1 Å². The van der Waals surface area contributed by atoms with Gasteiger partial charge in [-0.25, -0.2) is 5.43 Å². The maximum atomic E-state index is 12.9. The van der Waals surface area contributed by atoms with Crippen molar-refractivity contribution in [3.63, 3.8) is 0 Å². The molecular weight excluding hydrogens is 384 g/mol. The number of carbonyl (C=O) groups is 1. The van der Waals surface area contributed by atoms with Crippen LogP contribution in [0.15, 0.2) is 53.3 Å². The van der Waals surface area contributed by atoms with Crippen molar-refractivity contribution in [1.29, 1.82) is 0 Å². The van der Waals surface area contributed by atoms with E-state index in [4.69, 9.17) is 4.42 Å². The second kappa shape index (κ2) is 7.77. The zero-order chi connectivity index (χ0) is 20.5. The lowest BCUT2D eigenvalue weighted by molar-refractivity contribution is 0.0996. The zero-order valence-electron chi connectivity index (χ0n) is 16.2. The molecule has 0 spiro atoms. The molecule has 1 aliphatic heterocycles. The number of hydrogen-bond donors (Lipinski definition) is 4. The lowest BCUT2D eigenvalue weighted by atomic mass is 10.2. The minimum Gasteiger partial charge on any atom is -0.451 e. The summed E-state index contributed by atoms with van der Waals surface area (Å²) < 4.78 is 7.56. The van der Waals surface area contributed by atoms with Gasteiger partial charge in [0.2, 0.25) is 0 Å². The average molecular weight is 406 g/mol. The van der Waals surface area contributed by atoms with Gasteiger partial charge in [-0.05, 0) is 43.5 Å². The molecule has 0 radical (unpaired) electrons. The Labute approximate surface area is 172 Å². The first-order valence-electron chi connectivity index (χ1n) is 9.95. The smallest absolute Gasteiger partial charge is 0.291 e. The van der Waals surface area contributed by atoms with Gasteiger partial charge in [0.25, 0.3) is 5.91 Å². The first-order valence-corrected chi connectivity index (χ1v) is 9.95. The molecule has 0 saturated heterocycles. The van der Waals surface area contributed by atoms with Crippen molar-refractivity contribution in [2.45, 2.75) is 31.4 Å². The summed E-state index contributed by atoms with van der Waals surface area (Å²) in [4.78, 5) is 17.2. The summed E-state index contributed by atoms with van der Waals surface area (Å²) in [5.74, 6) is 0.496. The number of nitrogens with one attached hydrogen (secondary N) is 3. The molecular formula is C21H22N6O3. The average Bonchev–Trinajstić information content (AvgIpc) is 3.54. The summed E-state index contributed by atoms with van der Waals surface area (Å²) in [7, 11) is 0. The van der Waals surface area contributed by atoms with Crippen molar-refractivity contribution in [1.82, 2.24) is 25.6 Å². The summed E-state index contributed by atoms with van der Waals surface area (Å²) in [5.41, 5.74) is 8.62. The van der Waals surface area contributed by atoms with Gasteiger partial charge in [0, 0.05) is 30.7 Å². The Morgan fingerprint density at radius 2 is 2.20 bits per heavy atom. The first kappa shape index (κ1) is 18.6. The molecule has 9 nitrogen and oxygen atoms in total. The number of hydrogen-bond acceptors (Lipinski definition) is 7. The number of anilines is 1. The molecule has 30 heavy (non-hydrogen) atoms. The molecule has 1 amide bonds. The molecule has 0 bridgehead atoms. The minimum absolute atomic E-state index is 0.0950. The van der Waals surface area contributed by atoms with Gasteiger partial charge >= 0.3 is 0 Å². The van der Waals surface area contributed by atoms with Gasteiger partial charge in [0.05, 0.1) is 23.5 Å². The molecule has 3 aromatic rings. The highest BCUT2D eigenvalue weighted by Crippen LogP contribution is 2.33. The van der Waals surface area contributed by atoms with Crippen LogP contribution >= 0.6 is 0 Å². The minimum atomic E-state index is -0.357. The van der Waals surface area contributed by atoms with Crippen LogP contribution in [-0.2, 0) is 0 Å². The van der Waals surface area contributed by atoms with Crippen molar-refractivity contribution in [2.75, 3.05) is 11.9 Å². The van der Waals surface area contributed by atoms with Gasteiger partial charge in [-0.3, -0.25) is 14.5 Å². The van der Waals surface area contributed by atoms with E-state index in [0.29, 0.717) is 35.8 Å². The van der Waals surface area contributed by atoms with E-state index in [1.54, 1.807) is 24.5 Å². The number of nitrogens with zero attached hydrogens (tertiary/aromatic N) is 3. The van der Waals surface area contributed by atoms with Crippen molar-refractivity contribution in [3.05, 3.63) is 60.4 Å². The number of aliphatic hydroxyl groups excluding tert-OH is 1. The summed E-state index contributed by atoms with van der Waals surface area (Å²) in [6.07, 6.45) is 7.23. The molecule has 0 aromatic carbocycles. The van der Waals surface area contributed by atoms with E-state index >= 15 is 0 Å². The van der Waals surface area contributed by atoms with Gasteiger partial charge in [0.1, 0.15) is 11.5 Å². The number of amides is 1. The maximum Gasteiger partial charge on any atom is 0.291 e. The van der Waals surface area contributed by atoms with E-state index in [2.05, 4.69) is 26.3 Å². The van der Waals surface area contributed by atoms with Crippen molar-refractivity contribution >= 4 is 17.2 Å². The fraction of sp³-hybridized carbons (Fsp3) is 0.286. The Kier molecular flexibility index (Phi) is 4.82. The Hall–Kier alpha value is -3.43. The second-order valence-corrected chi connectivity index (χ2v) is 7.49. The number of aliphatic hydroxyl groups is 1. The Bertz CT molecular complexity index is 1090. The number of furan rings is 1. The summed E-state index contributed by atoms with van der Waals surface area (Å²) >= 11 is 0. The van der Waals surface area contributed by atoms with Crippen LogP contribution < -0.4 is 16.2 Å². The quantitative estimate of drug-likeness (QED) is 0.514. The van der Waals surface area contributed by atoms with Gasteiger partial charge in [-0.2, -0.15) is 5.10 Å². The van der Waals surface area contributed by atoms with Gasteiger partial charge in [-0.1, -0.05) is 6.07 Å². The molecule has 1 saturated carbocycles. The number of hydrazine groups is 1. The van der Waals surface area contributed by atoms with Crippen LogP contribution in [0.3, 0.4) is 0 Å². The van der Waals surface area contributed by atoms with Crippen LogP contribution in [0.25, 0.3) is 17.0 Å². The van der Waals surface area contributed by atoms with Crippen LogP contribution in [0.5, 0.6) is 0 Å². The number of aromatic nitrogens is 3. The predicted molar refractivity (Wildman–Crippen MR) is 110 cm³/mol. The molecule has 9 heteroatoms. The van der Waals surface area contributed by atoms with Crippen molar-refractivity contribution in [3.8, 4) is 11.4 Å². The Morgan fingerprint density at radius 1 is 1.27 bits per heavy atom. The van der Waals surface area contributed by atoms with E-state index in [1.165, 1.54) is 0 Å². The lowest BCUT2D eigenvalue weighted by Crippen LogP contribution is -2.20. The SMILES string of the molecule is O=C(Nc1cn([C@H]2CC[C@@H](O)C2)nc1-c1ccccn1)c1ccc(C2=CNNC2)o1. The van der Waals surface area contributed by atoms with Gasteiger partial charge in [-0.15, -0.1) is 0 Å². The molecule has 154 valence electrons. The van der Waals surface area contributed by atoms with E-state index in [9.17, 15) is 9.90 Å². The van der Waals surface area contributed by atoms with E-state index < -0.39 is 0 Å². The Balaban J connectivity index is 1.42. The molecule has 3 aromatic heterocycles. The van der Waals surface area contributed by atoms with Gasteiger partial charge < -0.3 is 20.3 Å². The van der Waals surface area contributed by atoms with Crippen LogP contribution in [0, 0.1) is 0 Å². The highest BCUT2D eigenvalue weighted by atomic mass is 16.4. The third kappa shape index (κ3) is 3.60. The third-order valence-corrected chi connectivity index (χ3v) is 5.41. The van der Waals surface area contributed by atoms with Crippen molar-refractivity contribution < 1.29 is 14.3 Å². The molecule has 1 fully saturated rings. The molecule has 0 unspecified atom stereocenters.